The first-order valence-corrected chi connectivity index (χ1v) is 7.47. The average molecular weight is 241 g/mol. The maximum atomic E-state index is 11.0. The van der Waals surface area contributed by atoms with Crippen LogP contribution in [0.3, 0.4) is 0 Å². The molecular weight excluding hydrogens is 222 g/mol. The molecule has 0 atom stereocenters. The molecule has 0 aromatic heterocycles. The van der Waals surface area contributed by atoms with Crippen molar-refractivity contribution in [2.24, 2.45) is 5.92 Å². The van der Waals surface area contributed by atoms with Crippen molar-refractivity contribution >= 4 is 10.0 Å². The Morgan fingerprint density at radius 2 is 1.88 bits per heavy atom. The first kappa shape index (κ1) is 13.1. The zero-order valence-electron chi connectivity index (χ0n) is 9.94. The summed E-state index contributed by atoms with van der Waals surface area (Å²) in [6, 6.07) is 2.57. The Kier molecular flexibility index (Phi) is 4.88. The molecule has 3 nitrogen and oxygen atoms in total. The average Bonchev–Trinajstić information content (AvgIpc) is 2.24. The van der Waals surface area contributed by atoms with Gasteiger partial charge in [-0.05, 0) is 24.8 Å². The van der Waals surface area contributed by atoms with Gasteiger partial charge in [0.05, 0.1) is 6.26 Å². The molecule has 0 aromatic carbocycles. The van der Waals surface area contributed by atoms with Gasteiger partial charge in [-0.15, -0.1) is 0 Å². The lowest BCUT2D eigenvalue weighted by Crippen LogP contribution is -2.19. The van der Waals surface area contributed by atoms with Gasteiger partial charge >= 0.3 is 0 Å². The van der Waals surface area contributed by atoms with Gasteiger partial charge in [0.1, 0.15) is 0 Å². The quantitative estimate of drug-likeness (QED) is 0.547. The Morgan fingerprint density at radius 1 is 1.25 bits per heavy atom. The Hall–Kier alpha value is -0.950. The zero-order valence-corrected chi connectivity index (χ0v) is 10.8. The van der Waals surface area contributed by atoms with Gasteiger partial charge in [0, 0.05) is 13.1 Å². The normalized spacial score (nSPS) is 18.1. The van der Waals surface area contributed by atoms with Crippen LogP contribution in [-0.4, -0.2) is 26.0 Å². The lowest BCUT2D eigenvalue weighted by Gasteiger charge is -2.17. The fraction of sp³-hybridized carbons (Fsp3) is 0.667. The summed E-state index contributed by atoms with van der Waals surface area (Å²) in [5.74, 6) is 3.39. The van der Waals surface area contributed by atoms with E-state index in [1.54, 1.807) is 6.08 Å². The van der Waals surface area contributed by atoms with Crippen molar-refractivity contribution in [2.45, 2.75) is 32.1 Å². The molecule has 0 aromatic rings. The molecule has 16 heavy (non-hydrogen) atoms. The summed E-state index contributed by atoms with van der Waals surface area (Å²) in [6.07, 6.45) is 11.4. The van der Waals surface area contributed by atoms with Gasteiger partial charge in [0.15, 0.2) is 0 Å². The van der Waals surface area contributed by atoms with Gasteiger partial charge in [-0.25, -0.2) is 12.7 Å². The van der Waals surface area contributed by atoms with Crippen LogP contribution in [0.25, 0.3) is 0 Å². The third-order valence-electron chi connectivity index (χ3n) is 2.82. The second-order valence-electron chi connectivity index (χ2n) is 4.24. The molecule has 1 saturated carbocycles. The van der Waals surface area contributed by atoms with Gasteiger partial charge in [0.2, 0.25) is 10.0 Å². The van der Waals surface area contributed by atoms with E-state index in [4.69, 9.17) is 0 Å². The van der Waals surface area contributed by atoms with Crippen LogP contribution in [0, 0.1) is 17.9 Å². The van der Waals surface area contributed by atoms with Crippen LogP contribution in [0.4, 0.5) is 0 Å². The molecule has 0 unspecified atom stereocenters. The Morgan fingerprint density at radius 3 is 2.44 bits per heavy atom. The van der Waals surface area contributed by atoms with Crippen molar-refractivity contribution in [3.05, 3.63) is 12.2 Å². The number of allylic oxidation sites excluding steroid dienone is 2. The second kappa shape index (κ2) is 5.95. The van der Waals surface area contributed by atoms with Crippen LogP contribution >= 0.6 is 0 Å². The summed E-state index contributed by atoms with van der Waals surface area (Å²) in [4.78, 5) is 0. The highest BCUT2D eigenvalue weighted by Gasteiger charge is 2.09. The molecule has 0 saturated heterocycles. The third-order valence-corrected chi connectivity index (χ3v) is 3.91. The highest BCUT2D eigenvalue weighted by atomic mass is 32.2. The summed E-state index contributed by atoms with van der Waals surface area (Å²) in [5.41, 5.74) is 0. The van der Waals surface area contributed by atoms with E-state index in [0.29, 0.717) is 5.92 Å². The van der Waals surface area contributed by atoms with Gasteiger partial charge in [0.25, 0.3) is 0 Å². The summed E-state index contributed by atoms with van der Waals surface area (Å²) in [5, 5.41) is 0. The van der Waals surface area contributed by atoms with Crippen LogP contribution in [0.2, 0.25) is 0 Å². The van der Waals surface area contributed by atoms with Crippen molar-refractivity contribution in [2.75, 3.05) is 13.3 Å². The van der Waals surface area contributed by atoms with Gasteiger partial charge in [-0.3, -0.25) is 0 Å². The van der Waals surface area contributed by atoms with Crippen LogP contribution < -0.4 is 0 Å². The van der Waals surface area contributed by atoms with Crippen LogP contribution in [0.5, 0.6) is 0 Å². The van der Waals surface area contributed by atoms with Gasteiger partial charge in [-0.1, -0.05) is 31.3 Å². The lowest BCUT2D eigenvalue weighted by molar-refractivity contribution is 0.419. The maximum Gasteiger partial charge on any atom is 0.238 e. The molecule has 0 radical (unpaired) electrons. The number of rotatable bonds is 2. The molecule has 0 spiro atoms. The number of hydrogen-bond donors (Lipinski definition) is 0. The Bertz CT molecular complexity index is 394. The van der Waals surface area contributed by atoms with Crippen molar-refractivity contribution in [1.82, 2.24) is 4.31 Å². The summed E-state index contributed by atoms with van der Waals surface area (Å²) < 4.78 is 23.1. The molecule has 0 heterocycles. The topological polar surface area (TPSA) is 37.4 Å². The Balaban J connectivity index is 2.44. The molecule has 90 valence electrons. The monoisotopic (exact) mass is 241 g/mol. The molecule has 1 fully saturated rings. The molecule has 1 rings (SSSR count). The minimum Gasteiger partial charge on any atom is -0.232 e. The maximum absolute atomic E-state index is 11.0. The second-order valence-corrected chi connectivity index (χ2v) is 6.26. The first-order chi connectivity index (χ1) is 7.50. The summed E-state index contributed by atoms with van der Waals surface area (Å²) in [7, 11) is -1.73. The Labute approximate surface area is 98.6 Å². The third kappa shape index (κ3) is 4.71. The van der Waals surface area contributed by atoms with Crippen molar-refractivity contribution in [3.63, 3.8) is 0 Å². The molecular formula is C12H19NO2S. The molecule has 4 heteroatoms. The molecule has 0 amide bonds. The number of sulfonamides is 1. The van der Waals surface area contributed by atoms with E-state index in [1.165, 1.54) is 39.2 Å². The van der Waals surface area contributed by atoms with Crippen molar-refractivity contribution in [1.29, 1.82) is 0 Å². The SMILES string of the molecule is CN(C#C/C=C/C1CCCCC1)S(C)(=O)=O. The smallest absolute Gasteiger partial charge is 0.232 e. The van der Waals surface area contributed by atoms with Gasteiger partial charge < -0.3 is 0 Å². The molecule has 0 N–H and O–H groups in total. The first-order valence-electron chi connectivity index (χ1n) is 5.62. The van der Waals surface area contributed by atoms with E-state index in [-0.39, 0.29) is 0 Å². The largest absolute Gasteiger partial charge is 0.238 e. The van der Waals surface area contributed by atoms with E-state index >= 15 is 0 Å². The van der Waals surface area contributed by atoms with Gasteiger partial charge in [-0.2, -0.15) is 0 Å². The molecule has 0 bridgehead atoms. The van der Waals surface area contributed by atoms with E-state index in [1.807, 2.05) is 0 Å². The summed E-state index contributed by atoms with van der Waals surface area (Å²) in [6.45, 7) is 0. The highest BCUT2D eigenvalue weighted by Crippen LogP contribution is 2.24. The van der Waals surface area contributed by atoms with E-state index in [0.717, 1.165) is 10.6 Å². The van der Waals surface area contributed by atoms with Crippen LogP contribution in [-0.2, 0) is 10.0 Å². The number of hydrogen-bond acceptors (Lipinski definition) is 2. The minimum absolute atomic E-state index is 0.631. The fourth-order valence-corrected chi connectivity index (χ4v) is 1.94. The van der Waals surface area contributed by atoms with E-state index < -0.39 is 10.0 Å². The number of nitrogens with zero attached hydrogens (tertiary/aromatic N) is 1. The lowest BCUT2D eigenvalue weighted by atomic mass is 9.89. The van der Waals surface area contributed by atoms with Crippen molar-refractivity contribution < 1.29 is 8.42 Å². The minimum atomic E-state index is -3.18. The summed E-state index contributed by atoms with van der Waals surface area (Å²) >= 11 is 0. The van der Waals surface area contributed by atoms with Crippen LogP contribution in [0.1, 0.15) is 32.1 Å². The van der Waals surface area contributed by atoms with E-state index in [2.05, 4.69) is 18.0 Å². The molecule has 0 aliphatic heterocycles. The molecule has 1 aliphatic rings. The van der Waals surface area contributed by atoms with Crippen LogP contribution in [0.15, 0.2) is 12.2 Å². The predicted molar refractivity (Wildman–Crippen MR) is 66.1 cm³/mol. The standard InChI is InChI=1S/C12H19NO2S/c1-13(16(2,14)15)11-7-6-10-12-8-4-3-5-9-12/h6,10,12H,3-5,8-9H2,1-2H3/b10-6+. The molecule has 1 aliphatic carbocycles. The predicted octanol–water partition coefficient (Wildman–Crippen LogP) is 1.98. The van der Waals surface area contributed by atoms with Crippen molar-refractivity contribution in [3.8, 4) is 12.0 Å². The highest BCUT2D eigenvalue weighted by molar-refractivity contribution is 7.88. The zero-order chi connectivity index (χ0) is 12.0. The van der Waals surface area contributed by atoms with E-state index in [9.17, 15) is 8.42 Å². The fourth-order valence-electron chi connectivity index (χ4n) is 1.72.